The maximum Gasteiger partial charge on any atom is 0.273 e. The van der Waals surface area contributed by atoms with Crippen molar-refractivity contribution in [2.24, 2.45) is 5.92 Å². The molecule has 0 radical (unpaired) electrons. The summed E-state index contributed by atoms with van der Waals surface area (Å²) in [5, 5.41) is 6.60. The van der Waals surface area contributed by atoms with Crippen LogP contribution in [0, 0.1) is 11.7 Å². The van der Waals surface area contributed by atoms with Crippen molar-refractivity contribution in [3.63, 3.8) is 0 Å². The van der Waals surface area contributed by atoms with Crippen molar-refractivity contribution < 1.29 is 23.2 Å². The lowest BCUT2D eigenvalue weighted by Crippen LogP contribution is -2.32. The molecule has 0 aliphatic carbocycles. The summed E-state index contributed by atoms with van der Waals surface area (Å²) in [6, 6.07) is 7.33. The van der Waals surface area contributed by atoms with E-state index in [9.17, 15) is 9.18 Å². The number of hydrogen-bond acceptors (Lipinski definition) is 5. The Hall–Kier alpha value is -2.41. The monoisotopic (exact) mass is 334 g/mol. The van der Waals surface area contributed by atoms with Gasteiger partial charge in [0.2, 0.25) is 0 Å². The number of ether oxygens (including phenoxy) is 2. The summed E-state index contributed by atoms with van der Waals surface area (Å²) in [7, 11) is 0. The maximum atomic E-state index is 13.1. The van der Waals surface area contributed by atoms with Gasteiger partial charge in [-0.2, -0.15) is 0 Å². The lowest BCUT2D eigenvalue weighted by atomic mass is 10.0. The molecule has 0 atom stereocenters. The van der Waals surface area contributed by atoms with Gasteiger partial charge in [0.15, 0.2) is 11.5 Å². The second kappa shape index (κ2) is 7.92. The number of amides is 1. The van der Waals surface area contributed by atoms with E-state index in [1.54, 1.807) is 12.1 Å². The van der Waals surface area contributed by atoms with Crippen LogP contribution in [0.25, 0.3) is 0 Å². The molecule has 0 unspecified atom stereocenters. The lowest BCUT2D eigenvalue weighted by molar-refractivity contribution is 0.0641. The van der Waals surface area contributed by atoms with E-state index in [0.29, 0.717) is 24.0 Å². The summed E-state index contributed by atoms with van der Waals surface area (Å²) in [6.45, 7) is 2.16. The fourth-order valence-corrected chi connectivity index (χ4v) is 2.48. The molecule has 1 aliphatic heterocycles. The molecule has 1 aliphatic rings. The average Bonchev–Trinajstić information content (AvgIpc) is 3.08. The normalized spacial score (nSPS) is 15.2. The predicted octanol–water partition coefficient (Wildman–Crippen LogP) is 2.55. The third-order valence-electron chi connectivity index (χ3n) is 3.86. The molecule has 3 rings (SSSR count). The molecule has 1 fully saturated rings. The van der Waals surface area contributed by atoms with Crippen molar-refractivity contribution in [2.45, 2.75) is 19.4 Å². The Bertz CT molecular complexity index is 683. The van der Waals surface area contributed by atoms with Crippen molar-refractivity contribution in [1.29, 1.82) is 0 Å². The Morgan fingerprint density at radius 1 is 1.33 bits per heavy atom. The zero-order valence-electron chi connectivity index (χ0n) is 13.2. The molecule has 0 spiro atoms. The van der Waals surface area contributed by atoms with Crippen LogP contribution in [0.5, 0.6) is 5.75 Å². The molecule has 1 aromatic carbocycles. The highest BCUT2D eigenvalue weighted by atomic mass is 19.1. The van der Waals surface area contributed by atoms with Crippen LogP contribution in [0.15, 0.2) is 34.9 Å². The van der Waals surface area contributed by atoms with Gasteiger partial charge in [0, 0.05) is 31.9 Å². The first-order valence-electron chi connectivity index (χ1n) is 7.90. The third kappa shape index (κ3) is 4.55. The molecule has 1 N–H and O–H groups in total. The van der Waals surface area contributed by atoms with E-state index in [-0.39, 0.29) is 24.0 Å². The summed E-state index contributed by atoms with van der Waals surface area (Å²) in [4.78, 5) is 12.1. The molecule has 0 bridgehead atoms. The fraction of sp³-hybridized carbons (Fsp3) is 0.412. The number of nitrogens with zero attached hydrogens (tertiary/aromatic N) is 1. The van der Waals surface area contributed by atoms with Crippen LogP contribution in [0.1, 0.15) is 29.1 Å². The summed E-state index contributed by atoms with van der Waals surface area (Å²) in [5.41, 5.74) is 0.208. The summed E-state index contributed by atoms with van der Waals surface area (Å²) in [6.07, 6.45) is 1.90. The Morgan fingerprint density at radius 2 is 2.17 bits per heavy atom. The first-order chi connectivity index (χ1) is 11.7. The van der Waals surface area contributed by atoms with Crippen molar-refractivity contribution >= 4 is 5.91 Å². The molecule has 1 amide bonds. The third-order valence-corrected chi connectivity index (χ3v) is 3.86. The van der Waals surface area contributed by atoms with Crippen LogP contribution in [0.4, 0.5) is 4.39 Å². The topological polar surface area (TPSA) is 73.6 Å². The number of nitrogens with one attached hydrogen (secondary N) is 1. The van der Waals surface area contributed by atoms with Gasteiger partial charge in [-0.1, -0.05) is 11.2 Å². The SMILES string of the molecule is O=C(NCC1CCOCC1)c1cc(COc2cccc(F)c2)on1. The molecule has 2 heterocycles. The summed E-state index contributed by atoms with van der Waals surface area (Å²) >= 11 is 0. The number of hydrogen-bond donors (Lipinski definition) is 1. The van der Waals surface area contributed by atoms with Gasteiger partial charge >= 0.3 is 0 Å². The standard InChI is InChI=1S/C17H19FN2O4/c18-13-2-1-3-14(8-13)23-11-15-9-16(20-24-15)17(21)19-10-12-4-6-22-7-5-12/h1-3,8-9,12H,4-7,10-11H2,(H,19,21). The maximum absolute atomic E-state index is 13.1. The number of aromatic nitrogens is 1. The minimum Gasteiger partial charge on any atom is -0.485 e. The van der Waals surface area contributed by atoms with Gasteiger partial charge in [-0.3, -0.25) is 4.79 Å². The zero-order valence-corrected chi connectivity index (χ0v) is 13.2. The number of benzene rings is 1. The van der Waals surface area contributed by atoms with Crippen molar-refractivity contribution in [3.05, 3.63) is 47.6 Å². The fourth-order valence-electron chi connectivity index (χ4n) is 2.48. The zero-order chi connectivity index (χ0) is 16.8. The van der Waals surface area contributed by atoms with Crippen LogP contribution < -0.4 is 10.1 Å². The van der Waals surface area contributed by atoms with Crippen LogP contribution >= 0.6 is 0 Å². The van der Waals surface area contributed by atoms with Crippen molar-refractivity contribution in [3.8, 4) is 5.75 Å². The van der Waals surface area contributed by atoms with E-state index in [4.69, 9.17) is 14.0 Å². The molecule has 2 aromatic rings. The highest BCUT2D eigenvalue weighted by molar-refractivity contribution is 5.92. The van der Waals surface area contributed by atoms with E-state index in [1.165, 1.54) is 18.2 Å². The summed E-state index contributed by atoms with van der Waals surface area (Å²) in [5.74, 6) is 0.568. The number of halogens is 1. The smallest absolute Gasteiger partial charge is 0.273 e. The van der Waals surface area contributed by atoms with Crippen LogP contribution in [0.2, 0.25) is 0 Å². The van der Waals surface area contributed by atoms with Gasteiger partial charge in [0.25, 0.3) is 5.91 Å². The van der Waals surface area contributed by atoms with Gasteiger partial charge in [-0.15, -0.1) is 0 Å². The minimum absolute atomic E-state index is 0.0731. The van der Waals surface area contributed by atoms with Gasteiger partial charge < -0.3 is 19.3 Å². The Morgan fingerprint density at radius 3 is 2.96 bits per heavy atom. The van der Waals surface area contributed by atoms with E-state index in [1.807, 2.05) is 0 Å². The average molecular weight is 334 g/mol. The first-order valence-corrected chi connectivity index (χ1v) is 7.90. The molecule has 128 valence electrons. The molecule has 24 heavy (non-hydrogen) atoms. The Labute approximate surface area is 138 Å². The first kappa shape index (κ1) is 16.4. The van der Waals surface area contributed by atoms with Crippen LogP contribution in [0.3, 0.4) is 0 Å². The van der Waals surface area contributed by atoms with E-state index < -0.39 is 0 Å². The van der Waals surface area contributed by atoms with E-state index in [2.05, 4.69) is 10.5 Å². The molecular weight excluding hydrogens is 315 g/mol. The van der Waals surface area contributed by atoms with Gasteiger partial charge in [0.1, 0.15) is 18.2 Å². The van der Waals surface area contributed by atoms with Crippen molar-refractivity contribution in [2.75, 3.05) is 19.8 Å². The molecular formula is C17H19FN2O4. The second-order valence-electron chi connectivity index (χ2n) is 5.69. The molecule has 6 nitrogen and oxygen atoms in total. The Kier molecular flexibility index (Phi) is 5.43. The highest BCUT2D eigenvalue weighted by Gasteiger charge is 2.17. The predicted molar refractivity (Wildman–Crippen MR) is 83.1 cm³/mol. The van der Waals surface area contributed by atoms with Crippen LogP contribution in [-0.4, -0.2) is 30.8 Å². The summed E-state index contributed by atoms with van der Waals surface area (Å²) < 4.78 is 28.8. The van der Waals surface area contributed by atoms with Gasteiger partial charge in [-0.25, -0.2) is 4.39 Å². The quantitative estimate of drug-likeness (QED) is 0.879. The minimum atomic E-state index is -0.377. The lowest BCUT2D eigenvalue weighted by Gasteiger charge is -2.21. The molecule has 0 saturated carbocycles. The van der Waals surface area contributed by atoms with Crippen LogP contribution in [-0.2, 0) is 11.3 Å². The number of carbonyl (C=O) groups is 1. The van der Waals surface area contributed by atoms with Gasteiger partial charge in [0.05, 0.1) is 0 Å². The van der Waals surface area contributed by atoms with Gasteiger partial charge in [-0.05, 0) is 30.9 Å². The molecule has 1 saturated heterocycles. The second-order valence-corrected chi connectivity index (χ2v) is 5.69. The Balaban J connectivity index is 1.48. The number of rotatable bonds is 6. The van der Waals surface area contributed by atoms with Crippen molar-refractivity contribution in [1.82, 2.24) is 10.5 Å². The molecule has 7 heteroatoms. The number of carbonyl (C=O) groups excluding carboxylic acids is 1. The highest BCUT2D eigenvalue weighted by Crippen LogP contribution is 2.15. The largest absolute Gasteiger partial charge is 0.485 e. The van der Waals surface area contributed by atoms with E-state index >= 15 is 0 Å². The van der Waals surface area contributed by atoms with E-state index in [0.717, 1.165) is 26.1 Å². The molecule has 1 aromatic heterocycles.